The van der Waals surface area contributed by atoms with Gasteiger partial charge >= 0.3 is 5.97 Å². The van der Waals surface area contributed by atoms with Crippen LogP contribution in [-0.2, 0) is 23.7 Å². The minimum absolute atomic E-state index is 0.205. The van der Waals surface area contributed by atoms with Crippen molar-refractivity contribution in [2.45, 2.75) is 56.4 Å². The normalized spacial score (nSPS) is 44.4. The maximum absolute atomic E-state index is 11.9. The molecule has 26 heavy (non-hydrogen) atoms. The summed E-state index contributed by atoms with van der Waals surface area (Å²) in [5.74, 6) is -1.52. The first-order valence-corrected chi connectivity index (χ1v) is 8.51. The van der Waals surface area contributed by atoms with E-state index in [0.717, 1.165) is 0 Å². The second kappa shape index (κ2) is 7.77. The van der Waals surface area contributed by atoms with Crippen LogP contribution < -0.4 is 0 Å². The maximum atomic E-state index is 11.9. The summed E-state index contributed by atoms with van der Waals surface area (Å²) in [6.45, 7) is 1.14. The molecule has 0 saturated carbocycles. The van der Waals surface area contributed by atoms with E-state index in [-0.39, 0.29) is 12.5 Å². The first-order valence-electron chi connectivity index (χ1n) is 8.51. The summed E-state index contributed by atoms with van der Waals surface area (Å²) in [6, 6.07) is 0. The molecule has 2 fully saturated rings. The molecule has 0 aromatic rings. The number of ether oxygens (including phenoxy) is 4. The van der Waals surface area contributed by atoms with E-state index in [1.807, 2.05) is 0 Å². The minimum atomic E-state index is -1.59. The molecular formula is C16H24O10. The summed E-state index contributed by atoms with van der Waals surface area (Å²) < 4.78 is 21.3. The summed E-state index contributed by atoms with van der Waals surface area (Å²) in [5, 5.41) is 49.2. The average molecular weight is 376 g/mol. The molecule has 3 aliphatic heterocycles. The van der Waals surface area contributed by atoms with Crippen LogP contribution in [0.5, 0.6) is 0 Å². The van der Waals surface area contributed by atoms with Crippen molar-refractivity contribution in [3.05, 3.63) is 11.8 Å². The molecule has 3 heterocycles. The summed E-state index contributed by atoms with van der Waals surface area (Å²) in [7, 11) is 0. The molecule has 148 valence electrons. The Bertz CT molecular complexity index is 547. The van der Waals surface area contributed by atoms with E-state index in [4.69, 9.17) is 18.9 Å². The molecule has 2 saturated heterocycles. The summed E-state index contributed by atoms with van der Waals surface area (Å²) in [5.41, 5.74) is 0.302. The van der Waals surface area contributed by atoms with Gasteiger partial charge in [0, 0.05) is 5.92 Å². The van der Waals surface area contributed by atoms with Crippen LogP contribution in [0.4, 0.5) is 0 Å². The lowest BCUT2D eigenvalue weighted by molar-refractivity contribution is -0.345. The largest absolute Gasteiger partial charge is 0.471 e. The van der Waals surface area contributed by atoms with E-state index in [1.165, 1.54) is 13.2 Å². The van der Waals surface area contributed by atoms with Gasteiger partial charge in [0.15, 0.2) is 6.29 Å². The predicted octanol–water partition coefficient (Wildman–Crippen LogP) is -2.40. The van der Waals surface area contributed by atoms with Crippen molar-refractivity contribution in [2.75, 3.05) is 13.2 Å². The van der Waals surface area contributed by atoms with Crippen molar-refractivity contribution >= 4 is 5.97 Å². The van der Waals surface area contributed by atoms with Crippen molar-refractivity contribution in [3.8, 4) is 0 Å². The van der Waals surface area contributed by atoms with E-state index in [0.29, 0.717) is 12.0 Å². The van der Waals surface area contributed by atoms with Gasteiger partial charge in [-0.05, 0) is 13.3 Å². The first kappa shape index (κ1) is 19.5. The number of cyclic esters (lactones) is 1. The zero-order valence-corrected chi connectivity index (χ0v) is 14.2. The maximum Gasteiger partial charge on any atom is 0.337 e. The van der Waals surface area contributed by atoms with Crippen LogP contribution in [0.25, 0.3) is 0 Å². The topological polar surface area (TPSA) is 155 Å². The Balaban J connectivity index is 1.78. The van der Waals surface area contributed by atoms with Gasteiger partial charge in [-0.1, -0.05) is 0 Å². The Morgan fingerprint density at radius 2 is 1.96 bits per heavy atom. The molecule has 10 heteroatoms. The Hall–Kier alpha value is -1.27. The molecule has 0 spiro atoms. The standard InChI is InChI=1S/C16H24O10/c1-6(18)10-7-2-3-23-14(22)8(7)5-24-15(10)26-16-13(21)12(20)11(19)9(4-17)25-16/h5-7,9-13,15-21H,2-4H2,1H3/t6-,7+,9+,10+,11+,12-,13+,15-,16-/m0/s1. The highest BCUT2D eigenvalue weighted by Gasteiger charge is 2.49. The van der Waals surface area contributed by atoms with Crippen LogP contribution >= 0.6 is 0 Å². The van der Waals surface area contributed by atoms with Gasteiger partial charge in [0.05, 0.1) is 37.1 Å². The quantitative estimate of drug-likeness (QED) is 0.335. The van der Waals surface area contributed by atoms with Crippen LogP contribution in [-0.4, -0.2) is 87.8 Å². The fourth-order valence-corrected chi connectivity index (χ4v) is 3.62. The highest BCUT2D eigenvalue weighted by Crippen LogP contribution is 2.39. The van der Waals surface area contributed by atoms with Crippen molar-refractivity contribution in [3.63, 3.8) is 0 Å². The van der Waals surface area contributed by atoms with Gasteiger partial charge in [0.25, 0.3) is 0 Å². The Morgan fingerprint density at radius 1 is 1.23 bits per heavy atom. The van der Waals surface area contributed by atoms with Crippen molar-refractivity contribution in [2.24, 2.45) is 11.8 Å². The predicted molar refractivity (Wildman–Crippen MR) is 82.0 cm³/mol. The molecule has 10 nitrogen and oxygen atoms in total. The molecule has 0 unspecified atom stereocenters. The number of hydrogen-bond acceptors (Lipinski definition) is 10. The molecule has 0 amide bonds. The average Bonchev–Trinajstić information content (AvgIpc) is 2.61. The molecule has 0 radical (unpaired) electrons. The van der Waals surface area contributed by atoms with Crippen molar-refractivity contribution in [1.82, 2.24) is 0 Å². The number of aliphatic hydroxyl groups is 5. The SMILES string of the molecule is C[C@H](O)[C@H]1[C@H](O[C@@H]2O[C@H](CO)[C@@H](O)[C@H](O)[C@H]2O)OC=C2C(=O)OCC[C@H]21. The summed E-state index contributed by atoms with van der Waals surface area (Å²) >= 11 is 0. The lowest BCUT2D eigenvalue weighted by Gasteiger charge is -2.44. The Kier molecular flexibility index (Phi) is 5.82. The van der Waals surface area contributed by atoms with E-state index in [9.17, 15) is 30.3 Å². The number of carbonyl (C=O) groups is 1. The Morgan fingerprint density at radius 3 is 2.62 bits per heavy atom. The lowest BCUT2D eigenvalue weighted by Crippen LogP contribution is -2.60. The monoisotopic (exact) mass is 376 g/mol. The zero-order chi connectivity index (χ0) is 19.0. The third kappa shape index (κ3) is 3.46. The van der Waals surface area contributed by atoms with Crippen molar-refractivity contribution < 1.29 is 49.3 Å². The molecular weight excluding hydrogens is 352 g/mol. The minimum Gasteiger partial charge on any atom is -0.471 e. The van der Waals surface area contributed by atoms with E-state index in [2.05, 4.69) is 0 Å². The first-order chi connectivity index (χ1) is 12.3. The van der Waals surface area contributed by atoms with Crippen LogP contribution in [0.3, 0.4) is 0 Å². The second-order valence-electron chi connectivity index (χ2n) is 6.76. The number of aliphatic hydroxyl groups excluding tert-OH is 5. The third-order valence-corrected chi connectivity index (χ3v) is 5.08. The van der Waals surface area contributed by atoms with Gasteiger partial charge < -0.3 is 44.5 Å². The van der Waals surface area contributed by atoms with Gasteiger partial charge in [0.1, 0.15) is 24.4 Å². The number of esters is 1. The Labute approximate surface area is 149 Å². The lowest BCUT2D eigenvalue weighted by atomic mass is 9.78. The number of fused-ring (bicyclic) bond motifs is 1. The molecule has 3 aliphatic rings. The fourth-order valence-electron chi connectivity index (χ4n) is 3.62. The van der Waals surface area contributed by atoms with Crippen LogP contribution in [0.2, 0.25) is 0 Å². The van der Waals surface area contributed by atoms with Gasteiger partial charge in [-0.25, -0.2) is 4.79 Å². The van der Waals surface area contributed by atoms with Gasteiger partial charge in [0.2, 0.25) is 6.29 Å². The number of hydrogen-bond donors (Lipinski definition) is 5. The smallest absolute Gasteiger partial charge is 0.337 e. The summed E-state index contributed by atoms with van der Waals surface area (Å²) in [4.78, 5) is 11.9. The molecule has 0 aliphatic carbocycles. The highest BCUT2D eigenvalue weighted by atomic mass is 16.8. The van der Waals surface area contributed by atoms with Gasteiger partial charge in [-0.15, -0.1) is 0 Å². The van der Waals surface area contributed by atoms with Crippen LogP contribution in [0.15, 0.2) is 11.8 Å². The van der Waals surface area contributed by atoms with Gasteiger partial charge in [-0.2, -0.15) is 0 Å². The molecule has 0 aromatic heterocycles. The number of carbonyl (C=O) groups excluding carboxylic acids is 1. The molecule has 0 bridgehead atoms. The van der Waals surface area contributed by atoms with E-state index in [1.54, 1.807) is 0 Å². The van der Waals surface area contributed by atoms with Gasteiger partial charge in [-0.3, -0.25) is 0 Å². The van der Waals surface area contributed by atoms with E-state index < -0.39 is 61.6 Å². The summed E-state index contributed by atoms with van der Waals surface area (Å²) in [6.07, 6.45) is -7.51. The second-order valence-corrected chi connectivity index (χ2v) is 6.76. The molecule has 5 N–H and O–H groups in total. The van der Waals surface area contributed by atoms with Crippen molar-refractivity contribution in [1.29, 1.82) is 0 Å². The zero-order valence-electron chi connectivity index (χ0n) is 14.2. The highest BCUT2D eigenvalue weighted by molar-refractivity contribution is 5.89. The van der Waals surface area contributed by atoms with Crippen LogP contribution in [0.1, 0.15) is 13.3 Å². The molecule has 3 rings (SSSR count). The molecule has 0 aromatic carbocycles. The van der Waals surface area contributed by atoms with E-state index >= 15 is 0 Å². The fraction of sp³-hybridized carbons (Fsp3) is 0.812. The van der Waals surface area contributed by atoms with Crippen LogP contribution in [0, 0.1) is 11.8 Å². The molecule has 9 atom stereocenters. The third-order valence-electron chi connectivity index (χ3n) is 5.08. The number of rotatable bonds is 4.